The van der Waals surface area contributed by atoms with Crippen molar-refractivity contribution in [1.82, 2.24) is 9.55 Å². The lowest BCUT2D eigenvalue weighted by molar-refractivity contribution is 0.976. The highest BCUT2D eigenvalue weighted by Gasteiger charge is 2.18. The highest BCUT2D eigenvalue weighted by molar-refractivity contribution is 7.24. The summed E-state index contributed by atoms with van der Waals surface area (Å²) in [6.07, 6.45) is 0. The Bertz CT molecular complexity index is 1480. The molecule has 0 N–H and O–H groups in total. The molecule has 0 amide bonds. The van der Waals surface area contributed by atoms with E-state index in [0.717, 1.165) is 15.8 Å². The number of aromatic nitrogens is 2. The van der Waals surface area contributed by atoms with Gasteiger partial charge in [-0.05, 0) is 31.2 Å². The lowest BCUT2D eigenvalue weighted by atomic mass is 10.1. The Morgan fingerprint density at radius 3 is 2.28 bits per heavy atom. The third-order valence-electron chi connectivity index (χ3n) is 4.94. The molecule has 2 heterocycles. The summed E-state index contributed by atoms with van der Waals surface area (Å²) in [6.45, 7) is 1.99. The van der Waals surface area contributed by atoms with E-state index in [2.05, 4.69) is 0 Å². The fourth-order valence-electron chi connectivity index (χ4n) is 3.47. The van der Waals surface area contributed by atoms with Gasteiger partial charge in [0.1, 0.15) is 16.0 Å². The van der Waals surface area contributed by atoms with Crippen molar-refractivity contribution in [2.45, 2.75) is 6.92 Å². The Kier molecular flexibility index (Phi) is 4.11. The van der Waals surface area contributed by atoms with Gasteiger partial charge >= 0.3 is 0 Å². The minimum Gasteiger partial charge on any atom is -0.288 e. The average molecular weight is 396 g/mol. The Balaban J connectivity index is 1.97. The van der Waals surface area contributed by atoms with Crippen molar-refractivity contribution in [2.75, 3.05) is 0 Å². The van der Waals surface area contributed by atoms with Gasteiger partial charge in [-0.25, -0.2) is 4.98 Å². The molecule has 2 aromatic heterocycles. The molecule has 5 aromatic rings. The van der Waals surface area contributed by atoms with E-state index in [1.54, 1.807) is 10.6 Å². The van der Waals surface area contributed by atoms with Crippen LogP contribution in [0, 0.1) is 6.92 Å². The summed E-state index contributed by atoms with van der Waals surface area (Å²) in [7, 11) is 0. The van der Waals surface area contributed by atoms with Crippen LogP contribution in [-0.2, 0) is 0 Å². The fourth-order valence-corrected chi connectivity index (χ4v) is 4.51. The lowest BCUT2D eigenvalue weighted by Crippen LogP contribution is -2.26. The molecule has 0 bridgehead atoms. The first-order chi connectivity index (χ1) is 14.1. The van der Waals surface area contributed by atoms with Crippen LogP contribution >= 0.6 is 11.3 Å². The second kappa shape index (κ2) is 6.79. The van der Waals surface area contributed by atoms with Crippen molar-refractivity contribution in [3.05, 3.63) is 105 Å². The molecule has 0 saturated heterocycles. The van der Waals surface area contributed by atoms with Crippen LogP contribution in [0.4, 0.5) is 0 Å². The molecule has 5 rings (SSSR count). The number of hydrogen-bond acceptors (Lipinski definition) is 4. The summed E-state index contributed by atoms with van der Waals surface area (Å²) in [5, 5.41) is 0.681. The Morgan fingerprint density at radius 1 is 0.828 bits per heavy atom. The number of hydrogen-bond donors (Lipinski definition) is 0. The zero-order valence-electron chi connectivity index (χ0n) is 15.6. The van der Waals surface area contributed by atoms with Crippen LogP contribution in [0.1, 0.15) is 5.56 Å². The average Bonchev–Trinajstić information content (AvgIpc) is 2.75. The third kappa shape index (κ3) is 2.87. The molecule has 0 saturated carbocycles. The monoisotopic (exact) mass is 396 g/mol. The molecular weight excluding hydrogens is 380 g/mol. The highest BCUT2D eigenvalue weighted by Crippen LogP contribution is 2.26. The van der Waals surface area contributed by atoms with Gasteiger partial charge < -0.3 is 0 Å². The van der Waals surface area contributed by atoms with Gasteiger partial charge in [0.2, 0.25) is 5.43 Å². The van der Waals surface area contributed by atoms with Gasteiger partial charge in [0.05, 0.1) is 5.69 Å². The summed E-state index contributed by atoms with van der Waals surface area (Å²) in [5.41, 5.74) is 1.98. The van der Waals surface area contributed by atoms with E-state index in [1.165, 1.54) is 11.3 Å². The number of fused-ring (bicyclic) bond motifs is 2. The van der Waals surface area contributed by atoms with Crippen LogP contribution in [0.2, 0.25) is 0 Å². The van der Waals surface area contributed by atoms with Crippen molar-refractivity contribution < 1.29 is 0 Å². The molecule has 0 aliphatic heterocycles. The second-order valence-corrected chi connectivity index (χ2v) is 7.92. The van der Waals surface area contributed by atoms with E-state index in [9.17, 15) is 9.59 Å². The van der Waals surface area contributed by atoms with Gasteiger partial charge in [0, 0.05) is 15.6 Å². The molecule has 0 radical (unpaired) electrons. The summed E-state index contributed by atoms with van der Waals surface area (Å²) in [6, 6.07) is 24.6. The van der Waals surface area contributed by atoms with Gasteiger partial charge in [0.15, 0.2) is 0 Å². The maximum atomic E-state index is 13.6. The van der Waals surface area contributed by atoms with Crippen LogP contribution in [-0.4, -0.2) is 9.55 Å². The van der Waals surface area contributed by atoms with Crippen molar-refractivity contribution in [2.24, 2.45) is 0 Å². The van der Waals surface area contributed by atoms with Crippen molar-refractivity contribution in [1.29, 1.82) is 0 Å². The first-order valence-electron chi connectivity index (χ1n) is 9.24. The highest BCUT2D eigenvalue weighted by atomic mass is 32.1. The van der Waals surface area contributed by atoms with Gasteiger partial charge in [-0.2, -0.15) is 0 Å². The molecule has 0 fully saturated rings. The normalized spacial score (nSPS) is 11.2. The molecule has 0 unspecified atom stereocenters. The van der Waals surface area contributed by atoms with E-state index in [0.29, 0.717) is 21.7 Å². The molecule has 0 spiro atoms. The largest absolute Gasteiger partial charge is 0.288 e. The third-order valence-corrected chi connectivity index (χ3v) is 6.00. The van der Waals surface area contributed by atoms with Gasteiger partial charge in [-0.15, -0.1) is 11.3 Å². The Morgan fingerprint density at radius 2 is 1.52 bits per heavy atom. The smallest absolute Gasteiger partial charge is 0.271 e. The standard InChI is InChI=1S/C24H16N2O2S/c1-15-11-13-17(14-12-15)26-22(16-7-3-2-4-8-16)25-23-20(24(26)28)21(27)18-9-5-6-10-19(18)29-23/h2-14H,1H3. The van der Waals surface area contributed by atoms with E-state index in [1.807, 2.05) is 79.7 Å². The van der Waals surface area contributed by atoms with Gasteiger partial charge in [-0.3, -0.25) is 14.2 Å². The fraction of sp³-hybridized carbons (Fsp3) is 0.0417. The summed E-state index contributed by atoms with van der Waals surface area (Å²) >= 11 is 1.37. The van der Waals surface area contributed by atoms with Crippen LogP contribution in [0.15, 0.2) is 88.5 Å². The molecule has 5 heteroatoms. The molecule has 0 aliphatic rings. The first-order valence-corrected chi connectivity index (χ1v) is 10.1. The molecule has 0 aliphatic carbocycles. The number of benzene rings is 3. The number of rotatable bonds is 2. The number of nitrogens with zero attached hydrogens (tertiary/aromatic N) is 2. The molecule has 0 atom stereocenters. The summed E-state index contributed by atoms with van der Waals surface area (Å²) < 4.78 is 2.36. The van der Waals surface area contributed by atoms with Crippen LogP contribution in [0.3, 0.4) is 0 Å². The van der Waals surface area contributed by atoms with Gasteiger partial charge in [0.25, 0.3) is 5.56 Å². The van der Waals surface area contributed by atoms with E-state index in [4.69, 9.17) is 4.98 Å². The molecular formula is C24H16N2O2S. The Labute approximate surface area is 170 Å². The molecule has 140 valence electrons. The zero-order chi connectivity index (χ0) is 20.0. The molecule has 29 heavy (non-hydrogen) atoms. The SMILES string of the molecule is Cc1ccc(-n2c(-c3ccccc3)nc3sc4ccccc4c(=O)c3c2=O)cc1. The maximum Gasteiger partial charge on any atom is 0.271 e. The topological polar surface area (TPSA) is 52.0 Å². The molecule has 3 aromatic carbocycles. The molecule has 4 nitrogen and oxygen atoms in total. The quantitative estimate of drug-likeness (QED) is 0.397. The van der Waals surface area contributed by atoms with E-state index >= 15 is 0 Å². The minimum atomic E-state index is -0.343. The van der Waals surface area contributed by atoms with Crippen LogP contribution in [0.25, 0.3) is 37.4 Å². The van der Waals surface area contributed by atoms with E-state index < -0.39 is 0 Å². The predicted molar refractivity (Wildman–Crippen MR) is 119 cm³/mol. The predicted octanol–water partition coefficient (Wildman–Crippen LogP) is 4.94. The van der Waals surface area contributed by atoms with Crippen molar-refractivity contribution in [3.63, 3.8) is 0 Å². The second-order valence-electron chi connectivity index (χ2n) is 6.89. The minimum absolute atomic E-state index is 0.133. The summed E-state index contributed by atoms with van der Waals surface area (Å²) in [4.78, 5) is 32.0. The Hall–Kier alpha value is -3.57. The van der Waals surface area contributed by atoms with E-state index in [-0.39, 0.29) is 16.4 Å². The maximum absolute atomic E-state index is 13.6. The van der Waals surface area contributed by atoms with Crippen molar-refractivity contribution >= 4 is 31.6 Å². The van der Waals surface area contributed by atoms with Crippen molar-refractivity contribution in [3.8, 4) is 17.1 Å². The summed E-state index contributed by atoms with van der Waals surface area (Å²) in [5.74, 6) is 0.526. The van der Waals surface area contributed by atoms with Crippen LogP contribution in [0.5, 0.6) is 0 Å². The first kappa shape index (κ1) is 17.5. The lowest BCUT2D eigenvalue weighted by Gasteiger charge is -2.14. The zero-order valence-corrected chi connectivity index (χ0v) is 16.4. The number of aryl methyl sites for hydroxylation is 1. The van der Waals surface area contributed by atoms with Crippen LogP contribution < -0.4 is 11.0 Å². The van der Waals surface area contributed by atoms with Gasteiger partial charge in [-0.1, -0.05) is 60.2 Å².